The lowest BCUT2D eigenvalue weighted by molar-refractivity contribution is -0.156. The quantitative estimate of drug-likeness (QED) is 0.482. The first-order valence-electron chi connectivity index (χ1n) is 5.59. The molecule has 0 aliphatic heterocycles. The molecule has 1 aromatic carbocycles. The molecule has 0 aliphatic rings. The van der Waals surface area contributed by atoms with Crippen molar-refractivity contribution in [3.63, 3.8) is 0 Å². The van der Waals surface area contributed by atoms with Crippen LogP contribution in [0.25, 0.3) is 0 Å². The fourth-order valence-electron chi connectivity index (χ4n) is 1.54. The molecule has 0 fully saturated rings. The highest BCUT2D eigenvalue weighted by molar-refractivity contribution is 6.20. The normalized spacial score (nSPS) is 11.1. The lowest BCUT2D eigenvalue weighted by Gasteiger charge is -2.12. The van der Waals surface area contributed by atoms with Gasteiger partial charge in [-0.3, -0.25) is 14.4 Å². The van der Waals surface area contributed by atoms with E-state index in [2.05, 4.69) is 9.47 Å². The monoisotopic (exact) mass is 304 g/mol. The van der Waals surface area contributed by atoms with E-state index in [0.29, 0.717) is 12.1 Å². The van der Waals surface area contributed by atoms with Crippen LogP contribution in [-0.4, -0.2) is 31.9 Å². The van der Waals surface area contributed by atoms with Crippen molar-refractivity contribution in [2.75, 3.05) is 14.2 Å². The van der Waals surface area contributed by atoms with Crippen molar-refractivity contribution < 1.29 is 37.0 Å². The molecule has 0 amide bonds. The van der Waals surface area contributed by atoms with Gasteiger partial charge in [-0.2, -0.15) is 13.2 Å². The molecule has 1 aromatic rings. The molecule has 0 unspecified atom stereocenters. The summed E-state index contributed by atoms with van der Waals surface area (Å²) in [4.78, 5) is 34.9. The summed E-state index contributed by atoms with van der Waals surface area (Å²) in [6.45, 7) is 0. The largest absolute Gasteiger partial charge is 0.468 e. The standard InChI is InChI=1S/C13H11F3O5/c1-20-11(18)9(12(19)21-2)10(17)7-3-5-8(6-4-7)13(14,15)16/h3-6,9H,1-2H3. The van der Waals surface area contributed by atoms with Crippen LogP contribution in [0.5, 0.6) is 0 Å². The third-order valence-electron chi connectivity index (χ3n) is 2.63. The number of carbonyl (C=O) groups excluding carboxylic acids is 3. The average molecular weight is 304 g/mol. The number of hydrogen-bond donors (Lipinski definition) is 0. The van der Waals surface area contributed by atoms with Crippen molar-refractivity contribution in [1.82, 2.24) is 0 Å². The molecule has 5 nitrogen and oxygen atoms in total. The lowest BCUT2D eigenvalue weighted by atomic mass is 9.97. The highest BCUT2D eigenvalue weighted by Crippen LogP contribution is 2.29. The van der Waals surface area contributed by atoms with Crippen molar-refractivity contribution in [1.29, 1.82) is 0 Å². The van der Waals surface area contributed by atoms with Crippen LogP contribution in [-0.2, 0) is 25.2 Å². The Labute approximate surface area is 117 Å². The number of rotatable bonds is 4. The number of ketones is 1. The SMILES string of the molecule is COC(=O)C(C(=O)OC)C(=O)c1ccc(C(F)(F)F)cc1. The van der Waals surface area contributed by atoms with Crippen molar-refractivity contribution >= 4 is 17.7 Å². The van der Waals surface area contributed by atoms with E-state index in [1.54, 1.807) is 0 Å². The Morgan fingerprint density at radius 2 is 1.38 bits per heavy atom. The number of ether oxygens (including phenoxy) is 2. The molecule has 0 spiro atoms. The van der Waals surface area contributed by atoms with E-state index in [9.17, 15) is 27.6 Å². The third kappa shape index (κ3) is 3.80. The van der Waals surface area contributed by atoms with Crippen LogP contribution in [0.4, 0.5) is 13.2 Å². The molecular formula is C13H11F3O5. The number of halogens is 3. The van der Waals surface area contributed by atoms with E-state index in [1.165, 1.54) is 0 Å². The number of benzene rings is 1. The summed E-state index contributed by atoms with van der Waals surface area (Å²) in [6, 6.07) is 3.12. The Hall–Kier alpha value is -2.38. The van der Waals surface area contributed by atoms with E-state index in [-0.39, 0.29) is 5.56 Å². The Balaban J connectivity index is 3.10. The molecule has 1 rings (SSSR count). The third-order valence-corrected chi connectivity index (χ3v) is 2.63. The summed E-state index contributed by atoms with van der Waals surface area (Å²) in [5.41, 5.74) is -1.18. The van der Waals surface area contributed by atoms with Crippen LogP contribution in [0.3, 0.4) is 0 Å². The summed E-state index contributed by atoms with van der Waals surface area (Å²) < 4.78 is 45.9. The van der Waals surface area contributed by atoms with E-state index in [0.717, 1.165) is 26.4 Å². The number of methoxy groups -OCH3 is 2. The van der Waals surface area contributed by atoms with Crippen molar-refractivity contribution in [3.8, 4) is 0 Å². The Morgan fingerprint density at radius 1 is 0.952 bits per heavy atom. The first-order valence-corrected chi connectivity index (χ1v) is 5.59. The summed E-state index contributed by atoms with van der Waals surface area (Å²) in [7, 11) is 1.94. The second kappa shape index (κ2) is 6.38. The second-order valence-electron chi connectivity index (χ2n) is 3.92. The van der Waals surface area contributed by atoms with Gasteiger partial charge in [0.2, 0.25) is 5.92 Å². The van der Waals surface area contributed by atoms with Crippen LogP contribution in [0.1, 0.15) is 15.9 Å². The van der Waals surface area contributed by atoms with Crippen LogP contribution >= 0.6 is 0 Å². The minimum Gasteiger partial charge on any atom is -0.468 e. The molecule has 0 aromatic heterocycles. The maximum atomic E-state index is 12.4. The molecule has 21 heavy (non-hydrogen) atoms. The Kier molecular flexibility index (Phi) is 5.07. The fraction of sp³-hybridized carbons (Fsp3) is 0.308. The van der Waals surface area contributed by atoms with Crippen LogP contribution < -0.4 is 0 Å². The summed E-state index contributed by atoms with van der Waals surface area (Å²) in [5.74, 6) is -5.15. The first-order chi connectivity index (χ1) is 9.72. The highest BCUT2D eigenvalue weighted by Gasteiger charge is 2.37. The number of hydrogen-bond acceptors (Lipinski definition) is 5. The summed E-state index contributed by atoms with van der Waals surface area (Å²) in [6.07, 6.45) is -4.55. The zero-order chi connectivity index (χ0) is 16.2. The summed E-state index contributed by atoms with van der Waals surface area (Å²) >= 11 is 0. The first kappa shape index (κ1) is 16.7. The van der Waals surface area contributed by atoms with Gasteiger partial charge in [-0.05, 0) is 12.1 Å². The zero-order valence-electron chi connectivity index (χ0n) is 11.1. The van der Waals surface area contributed by atoms with Gasteiger partial charge in [0.25, 0.3) is 0 Å². The molecule has 0 atom stereocenters. The number of Topliss-reactive ketones (excluding diaryl/α,β-unsaturated/α-hetero) is 1. The van der Waals surface area contributed by atoms with Gasteiger partial charge < -0.3 is 9.47 Å². The zero-order valence-corrected chi connectivity index (χ0v) is 11.1. The van der Waals surface area contributed by atoms with E-state index < -0.39 is 35.4 Å². The van der Waals surface area contributed by atoms with Crippen molar-refractivity contribution in [2.24, 2.45) is 5.92 Å². The number of alkyl halides is 3. The maximum absolute atomic E-state index is 12.4. The van der Waals surface area contributed by atoms with Gasteiger partial charge in [-0.1, -0.05) is 12.1 Å². The summed E-state index contributed by atoms with van der Waals surface area (Å²) in [5, 5.41) is 0. The number of carbonyl (C=O) groups is 3. The molecule has 0 saturated heterocycles. The predicted octanol–water partition coefficient (Wildman–Crippen LogP) is 1.85. The topological polar surface area (TPSA) is 69.7 Å². The van der Waals surface area contributed by atoms with Gasteiger partial charge >= 0.3 is 18.1 Å². The molecule has 0 aliphatic carbocycles. The lowest BCUT2D eigenvalue weighted by Crippen LogP contribution is -2.33. The van der Waals surface area contributed by atoms with E-state index in [1.807, 2.05) is 0 Å². The van der Waals surface area contributed by atoms with Gasteiger partial charge in [0.05, 0.1) is 19.8 Å². The molecular weight excluding hydrogens is 293 g/mol. The minimum absolute atomic E-state index is 0.233. The molecule has 114 valence electrons. The van der Waals surface area contributed by atoms with Crippen LogP contribution in [0.2, 0.25) is 0 Å². The highest BCUT2D eigenvalue weighted by atomic mass is 19.4. The van der Waals surface area contributed by atoms with Crippen LogP contribution in [0.15, 0.2) is 24.3 Å². The van der Waals surface area contributed by atoms with Crippen LogP contribution in [0, 0.1) is 5.92 Å². The molecule has 0 bridgehead atoms. The van der Waals surface area contributed by atoms with Crippen molar-refractivity contribution in [2.45, 2.75) is 6.18 Å². The minimum atomic E-state index is -4.55. The Morgan fingerprint density at radius 3 is 1.71 bits per heavy atom. The Bertz CT molecular complexity index is 532. The molecule has 0 N–H and O–H groups in total. The smallest absolute Gasteiger partial charge is 0.416 e. The molecule has 0 saturated carbocycles. The second-order valence-corrected chi connectivity index (χ2v) is 3.92. The van der Waals surface area contributed by atoms with Gasteiger partial charge in [0.1, 0.15) is 0 Å². The van der Waals surface area contributed by atoms with Gasteiger partial charge in [0.15, 0.2) is 5.78 Å². The maximum Gasteiger partial charge on any atom is 0.416 e. The molecule has 0 heterocycles. The predicted molar refractivity (Wildman–Crippen MR) is 63.3 cm³/mol. The van der Waals surface area contributed by atoms with E-state index in [4.69, 9.17) is 0 Å². The van der Waals surface area contributed by atoms with Gasteiger partial charge in [-0.25, -0.2) is 0 Å². The number of esters is 2. The van der Waals surface area contributed by atoms with Crippen molar-refractivity contribution in [3.05, 3.63) is 35.4 Å². The van der Waals surface area contributed by atoms with Gasteiger partial charge in [0, 0.05) is 5.56 Å². The fourth-order valence-corrected chi connectivity index (χ4v) is 1.54. The average Bonchev–Trinajstić information content (AvgIpc) is 2.46. The molecule has 0 radical (unpaired) electrons. The van der Waals surface area contributed by atoms with E-state index >= 15 is 0 Å². The molecule has 8 heteroatoms. The van der Waals surface area contributed by atoms with Gasteiger partial charge in [-0.15, -0.1) is 0 Å².